The first-order chi connectivity index (χ1) is 13.2. The first kappa shape index (κ1) is 20.6. The fraction of sp³-hybridized carbons (Fsp3) is 0.619. The lowest BCUT2D eigenvalue weighted by Crippen LogP contribution is -2.41. The minimum Gasteiger partial charge on any atom is -0.444 e. The largest absolute Gasteiger partial charge is 0.444 e. The standard InChI is InChI=1S/C21H31N3O4/c1-21(2,3)28-20(26)24-19-16-11-14(9-8-13(16)10-17(19)25)22-18-7-5-6-15(23-18)12-27-4/h8-9,11,15,17,19,25H,5-7,10,12H2,1-4H3,(H,22,23)(H,24,26)/t15?,17-,19?/m1/s1. The van der Waals surface area contributed by atoms with Crippen LogP contribution in [-0.4, -0.2) is 48.5 Å². The molecule has 7 nitrogen and oxygen atoms in total. The van der Waals surface area contributed by atoms with Crippen LogP contribution in [0.4, 0.5) is 10.5 Å². The average Bonchev–Trinajstić information content (AvgIpc) is 2.89. The van der Waals surface area contributed by atoms with Crippen molar-refractivity contribution in [3.8, 4) is 0 Å². The average molecular weight is 389 g/mol. The van der Waals surface area contributed by atoms with Crippen LogP contribution in [0.1, 0.15) is 57.2 Å². The molecule has 1 fully saturated rings. The summed E-state index contributed by atoms with van der Waals surface area (Å²) in [4.78, 5) is 16.9. The van der Waals surface area contributed by atoms with E-state index in [0.717, 1.165) is 41.9 Å². The number of fused-ring (bicyclic) bond motifs is 1. The van der Waals surface area contributed by atoms with Gasteiger partial charge >= 0.3 is 6.09 Å². The Morgan fingerprint density at radius 2 is 2.18 bits per heavy atom. The molecule has 1 saturated heterocycles. The Balaban J connectivity index is 1.75. The van der Waals surface area contributed by atoms with Crippen LogP contribution in [0.25, 0.3) is 0 Å². The number of benzene rings is 1. The summed E-state index contributed by atoms with van der Waals surface area (Å²) in [5, 5.41) is 16.7. The maximum absolute atomic E-state index is 12.2. The molecule has 0 aromatic heterocycles. The number of methoxy groups -OCH3 is 1. The number of aliphatic imine (C=N–C) groups is 1. The second kappa shape index (κ2) is 8.49. The second-order valence-corrected chi connectivity index (χ2v) is 8.53. The van der Waals surface area contributed by atoms with Gasteiger partial charge in [-0.05, 0) is 56.9 Å². The van der Waals surface area contributed by atoms with Crippen LogP contribution in [0, 0.1) is 0 Å². The van der Waals surface area contributed by atoms with E-state index in [9.17, 15) is 9.90 Å². The van der Waals surface area contributed by atoms with Gasteiger partial charge in [0, 0.05) is 20.0 Å². The summed E-state index contributed by atoms with van der Waals surface area (Å²) in [7, 11) is 1.71. The molecule has 1 amide bonds. The predicted octanol–water partition coefficient (Wildman–Crippen LogP) is 2.99. The van der Waals surface area contributed by atoms with Crippen molar-refractivity contribution < 1.29 is 19.4 Å². The first-order valence-corrected chi connectivity index (χ1v) is 9.88. The van der Waals surface area contributed by atoms with E-state index in [-0.39, 0.29) is 6.04 Å². The molecule has 2 unspecified atom stereocenters. The summed E-state index contributed by atoms with van der Waals surface area (Å²) in [6.07, 6.45) is 2.35. The van der Waals surface area contributed by atoms with E-state index in [1.165, 1.54) is 0 Å². The topological polar surface area (TPSA) is 92.2 Å². The van der Waals surface area contributed by atoms with Gasteiger partial charge in [-0.25, -0.2) is 9.79 Å². The number of aliphatic hydroxyl groups is 1. The maximum atomic E-state index is 12.2. The fourth-order valence-corrected chi connectivity index (χ4v) is 3.75. The summed E-state index contributed by atoms with van der Waals surface area (Å²) in [5.41, 5.74) is 2.13. The number of nitrogens with one attached hydrogen (secondary N) is 2. The van der Waals surface area contributed by atoms with Gasteiger partial charge in [0.2, 0.25) is 0 Å². The SMILES string of the molecule is COCC1CCCC(=Nc2ccc3c(c2)C(NC(=O)OC(C)(C)C)[C@H](O)C3)N1. The molecule has 1 aromatic carbocycles. The van der Waals surface area contributed by atoms with E-state index in [1.54, 1.807) is 7.11 Å². The lowest BCUT2D eigenvalue weighted by molar-refractivity contribution is 0.0438. The Kier molecular flexibility index (Phi) is 6.25. The van der Waals surface area contributed by atoms with Crippen molar-refractivity contribution in [2.45, 2.75) is 70.2 Å². The highest BCUT2D eigenvalue weighted by atomic mass is 16.6. The van der Waals surface area contributed by atoms with Gasteiger partial charge in [0.15, 0.2) is 0 Å². The van der Waals surface area contributed by atoms with E-state index in [1.807, 2.05) is 39.0 Å². The van der Waals surface area contributed by atoms with E-state index < -0.39 is 23.8 Å². The monoisotopic (exact) mass is 389 g/mol. The number of piperidine rings is 1. The Hall–Kier alpha value is -2.12. The summed E-state index contributed by atoms with van der Waals surface area (Å²) < 4.78 is 10.6. The van der Waals surface area contributed by atoms with Gasteiger partial charge in [0.25, 0.3) is 0 Å². The Morgan fingerprint density at radius 3 is 2.89 bits per heavy atom. The molecule has 1 aliphatic carbocycles. The first-order valence-electron chi connectivity index (χ1n) is 9.88. The summed E-state index contributed by atoms with van der Waals surface area (Å²) in [5.74, 6) is 0.948. The third-order valence-electron chi connectivity index (χ3n) is 4.92. The number of rotatable bonds is 4. The molecule has 1 aliphatic heterocycles. The lowest BCUT2D eigenvalue weighted by Gasteiger charge is -2.25. The number of alkyl carbamates (subject to hydrolysis) is 1. The van der Waals surface area contributed by atoms with Gasteiger partial charge in [-0.15, -0.1) is 0 Å². The van der Waals surface area contributed by atoms with E-state index >= 15 is 0 Å². The molecular formula is C21H31N3O4. The van der Waals surface area contributed by atoms with Gasteiger partial charge in [-0.3, -0.25) is 0 Å². The quantitative estimate of drug-likeness (QED) is 0.736. The predicted molar refractivity (Wildman–Crippen MR) is 108 cm³/mol. The van der Waals surface area contributed by atoms with Crippen LogP contribution in [0.5, 0.6) is 0 Å². The Labute approximate surface area is 166 Å². The molecule has 0 spiro atoms. The Bertz CT molecular complexity index is 740. The molecule has 0 bridgehead atoms. The number of carbonyl (C=O) groups is 1. The van der Waals surface area contributed by atoms with Gasteiger partial charge in [0.05, 0.1) is 30.5 Å². The smallest absolute Gasteiger partial charge is 0.408 e. The van der Waals surface area contributed by atoms with E-state index in [4.69, 9.17) is 14.5 Å². The van der Waals surface area contributed by atoms with Crippen molar-refractivity contribution in [1.29, 1.82) is 0 Å². The molecule has 7 heteroatoms. The molecule has 1 aromatic rings. The molecular weight excluding hydrogens is 358 g/mol. The second-order valence-electron chi connectivity index (χ2n) is 8.53. The van der Waals surface area contributed by atoms with E-state index in [2.05, 4.69) is 10.6 Å². The minimum atomic E-state index is -0.677. The van der Waals surface area contributed by atoms with E-state index in [0.29, 0.717) is 13.0 Å². The fourth-order valence-electron chi connectivity index (χ4n) is 3.75. The number of ether oxygens (including phenoxy) is 2. The van der Waals surface area contributed by atoms with Gasteiger partial charge in [-0.1, -0.05) is 6.07 Å². The Morgan fingerprint density at radius 1 is 1.39 bits per heavy atom. The molecule has 3 atom stereocenters. The highest BCUT2D eigenvalue weighted by molar-refractivity contribution is 5.85. The number of amidine groups is 1. The maximum Gasteiger partial charge on any atom is 0.408 e. The molecule has 28 heavy (non-hydrogen) atoms. The minimum absolute atomic E-state index is 0.287. The molecule has 2 aliphatic rings. The van der Waals surface area contributed by atoms with Crippen molar-refractivity contribution in [1.82, 2.24) is 10.6 Å². The van der Waals surface area contributed by atoms with Crippen molar-refractivity contribution >= 4 is 17.6 Å². The molecule has 0 saturated carbocycles. The van der Waals surface area contributed by atoms with Crippen molar-refractivity contribution in [3.63, 3.8) is 0 Å². The molecule has 0 radical (unpaired) electrons. The zero-order valence-electron chi connectivity index (χ0n) is 17.1. The molecule has 3 rings (SSSR count). The summed E-state index contributed by atoms with van der Waals surface area (Å²) in [6.45, 7) is 6.10. The van der Waals surface area contributed by atoms with Gasteiger partial charge in [-0.2, -0.15) is 0 Å². The van der Waals surface area contributed by atoms with Gasteiger partial charge in [0.1, 0.15) is 11.4 Å². The van der Waals surface area contributed by atoms with Crippen LogP contribution in [0.15, 0.2) is 23.2 Å². The summed E-state index contributed by atoms with van der Waals surface area (Å²) >= 11 is 0. The van der Waals surface area contributed by atoms with Crippen LogP contribution in [0.3, 0.4) is 0 Å². The van der Waals surface area contributed by atoms with Crippen LogP contribution < -0.4 is 10.6 Å². The van der Waals surface area contributed by atoms with Crippen LogP contribution in [0.2, 0.25) is 0 Å². The number of nitrogens with zero attached hydrogens (tertiary/aromatic N) is 1. The number of amides is 1. The molecule has 1 heterocycles. The third-order valence-corrected chi connectivity index (χ3v) is 4.92. The molecule has 154 valence electrons. The molecule has 3 N–H and O–H groups in total. The summed E-state index contributed by atoms with van der Waals surface area (Å²) in [6, 6.07) is 5.67. The normalized spacial score (nSPS) is 25.9. The van der Waals surface area contributed by atoms with Gasteiger partial charge < -0.3 is 25.2 Å². The zero-order valence-corrected chi connectivity index (χ0v) is 17.1. The van der Waals surface area contributed by atoms with Crippen LogP contribution in [-0.2, 0) is 15.9 Å². The zero-order chi connectivity index (χ0) is 20.3. The van der Waals surface area contributed by atoms with Crippen molar-refractivity contribution in [3.05, 3.63) is 29.3 Å². The number of aliphatic hydroxyl groups excluding tert-OH is 1. The lowest BCUT2D eigenvalue weighted by atomic mass is 10.0. The number of hydrogen-bond acceptors (Lipinski definition) is 5. The van der Waals surface area contributed by atoms with Crippen molar-refractivity contribution in [2.24, 2.45) is 4.99 Å². The number of carbonyl (C=O) groups excluding carboxylic acids is 1. The van der Waals surface area contributed by atoms with Crippen molar-refractivity contribution in [2.75, 3.05) is 13.7 Å². The highest BCUT2D eigenvalue weighted by Gasteiger charge is 2.33. The number of hydrogen-bond donors (Lipinski definition) is 3. The van der Waals surface area contributed by atoms with Crippen LogP contribution >= 0.6 is 0 Å². The highest BCUT2D eigenvalue weighted by Crippen LogP contribution is 2.34. The third kappa shape index (κ3) is 5.23.